The van der Waals surface area contributed by atoms with Crippen LogP contribution < -0.4 is 10.6 Å². The maximum atomic E-state index is 12.7. The summed E-state index contributed by atoms with van der Waals surface area (Å²) in [7, 11) is 0. The van der Waals surface area contributed by atoms with E-state index in [1.54, 1.807) is 24.3 Å². The van der Waals surface area contributed by atoms with Crippen LogP contribution in [0.5, 0.6) is 0 Å². The van der Waals surface area contributed by atoms with Crippen molar-refractivity contribution in [1.29, 1.82) is 0 Å². The largest absolute Gasteiger partial charge is 0.325 e. The summed E-state index contributed by atoms with van der Waals surface area (Å²) < 4.78 is 0. The number of nitrogens with one attached hydrogen (secondary N) is 2. The highest BCUT2D eigenvalue weighted by atomic mass is 32.2. The molecule has 0 unspecified atom stereocenters. The Hall–Kier alpha value is -3.05. The molecule has 0 aliphatic rings. The van der Waals surface area contributed by atoms with Gasteiger partial charge in [-0.3, -0.25) is 9.59 Å². The van der Waals surface area contributed by atoms with E-state index in [0.717, 1.165) is 16.1 Å². The van der Waals surface area contributed by atoms with Gasteiger partial charge in [0, 0.05) is 10.6 Å². The molecule has 0 radical (unpaired) electrons. The smallest absolute Gasteiger partial charge is 0.257 e. The molecule has 28 heavy (non-hydrogen) atoms. The number of aryl methyl sites for hydroxylation is 2. The first-order valence-electron chi connectivity index (χ1n) is 8.97. The van der Waals surface area contributed by atoms with Crippen molar-refractivity contribution in [2.24, 2.45) is 0 Å². The monoisotopic (exact) mass is 390 g/mol. The number of carbonyl (C=O) groups excluding carboxylic acids is 2. The molecule has 142 valence electrons. The second-order valence-electron chi connectivity index (χ2n) is 6.52. The first-order valence-corrected chi connectivity index (χ1v) is 9.96. The topological polar surface area (TPSA) is 58.2 Å². The number of hydrogen-bond donors (Lipinski definition) is 2. The normalized spacial score (nSPS) is 10.4. The van der Waals surface area contributed by atoms with Crippen LogP contribution in [-0.2, 0) is 4.79 Å². The van der Waals surface area contributed by atoms with E-state index in [-0.39, 0.29) is 17.6 Å². The van der Waals surface area contributed by atoms with Gasteiger partial charge in [0.25, 0.3) is 5.91 Å². The van der Waals surface area contributed by atoms with Gasteiger partial charge in [-0.25, -0.2) is 0 Å². The molecule has 3 aromatic rings. The number of anilines is 2. The van der Waals surface area contributed by atoms with Crippen LogP contribution in [0.1, 0.15) is 21.5 Å². The quantitative estimate of drug-likeness (QED) is 0.563. The van der Waals surface area contributed by atoms with Gasteiger partial charge >= 0.3 is 0 Å². The maximum absolute atomic E-state index is 12.7. The lowest BCUT2D eigenvalue weighted by molar-refractivity contribution is -0.113. The third kappa shape index (κ3) is 5.47. The average Bonchev–Trinajstić information content (AvgIpc) is 2.68. The van der Waals surface area contributed by atoms with Crippen LogP contribution in [-0.4, -0.2) is 17.6 Å². The zero-order valence-corrected chi connectivity index (χ0v) is 16.7. The molecule has 0 aromatic heterocycles. The summed E-state index contributed by atoms with van der Waals surface area (Å²) in [4.78, 5) is 26.1. The number of hydrogen-bond acceptors (Lipinski definition) is 3. The van der Waals surface area contributed by atoms with Crippen LogP contribution in [0.3, 0.4) is 0 Å². The molecule has 5 heteroatoms. The lowest BCUT2D eigenvalue weighted by Crippen LogP contribution is -2.19. The Balaban J connectivity index is 1.65. The molecule has 2 amide bonds. The number of amides is 2. The molecule has 3 aromatic carbocycles. The Morgan fingerprint density at radius 1 is 0.821 bits per heavy atom. The van der Waals surface area contributed by atoms with Gasteiger partial charge in [-0.2, -0.15) is 0 Å². The summed E-state index contributed by atoms with van der Waals surface area (Å²) in [5, 5.41) is 5.73. The molecule has 3 rings (SSSR count). The average molecular weight is 391 g/mol. The third-order valence-electron chi connectivity index (χ3n) is 4.11. The van der Waals surface area contributed by atoms with Crippen molar-refractivity contribution in [1.82, 2.24) is 0 Å². The van der Waals surface area contributed by atoms with Crippen molar-refractivity contribution in [2.75, 3.05) is 16.4 Å². The minimum absolute atomic E-state index is 0.151. The van der Waals surface area contributed by atoms with Gasteiger partial charge in [0.05, 0.1) is 17.0 Å². The van der Waals surface area contributed by atoms with E-state index >= 15 is 0 Å². The summed E-state index contributed by atoms with van der Waals surface area (Å²) in [6.45, 7) is 4.00. The molecule has 0 fully saturated rings. The fourth-order valence-corrected chi connectivity index (χ4v) is 3.38. The van der Waals surface area contributed by atoms with Gasteiger partial charge in [-0.1, -0.05) is 42.0 Å². The van der Waals surface area contributed by atoms with Crippen molar-refractivity contribution in [3.8, 4) is 0 Å². The molecule has 0 saturated carbocycles. The lowest BCUT2D eigenvalue weighted by atomic mass is 10.1. The number of para-hydroxylation sites is 1. The molecule has 0 bridgehead atoms. The second kappa shape index (κ2) is 9.24. The Bertz CT molecular complexity index is 984. The summed E-state index contributed by atoms with van der Waals surface area (Å²) >= 11 is 1.46. The number of benzene rings is 3. The fraction of sp³-hybridized carbons (Fsp3) is 0.130. The fourth-order valence-electron chi connectivity index (χ4n) is 2.68. The Kier molecular flexibility index (Phi) is 6.50. The highest BCUT2D eigenvalue weighted by Crippen LogP contribution is 2.21. The maximum Gasteiger partial charge on any atom is 0.257 e. The highest BCUT2D eigenvalue weighted by molar-refractivity contribution is 8.00. The van der Waals surface area contributed by atoms with E-state index in [4.69, 9.17) is 0 Å². The van der Waals surface area contributed by atoms with Crippen LogP contribution >= 0.6 is 11.8 Å². The minimum atomic E-state index is -0.257. The van der Waals surface area contributed by atoms with Gasteiger partial charge in [0.15, 0.2) is 0 Å². The number of rotatable bonds is 6. The molecule has 0 aliphatic heterocycles. The van der Waals surface area contributed by atoms with Gasteiger partial charge in [0.1, 0.15) is 0 Å². The van der Waals surface area contributed by atoms with Crippen LogP contribution in [0.25, 0.3) is 0 Å². The second-order valence-corrected chi connectivity index (χ2v) is 7.57. The molecule has 0 aliphatic carbocycles. The summed E-state index contributed by atoms with van der Waals surface area (Å²) in [6.07, 6.45) is 0. The van der Waals surface area contributed by atoms with Gasteiger partial charge in [-0.05, 0) is 55.8 Å². The van der Waals surface area contributed by atoms with Crippen molar-refractivity contribution in [3.63, 3.8) is 0 Å². The molecule has 4 nitrogen and oxygen atoms in total. The van der Waals surface area contributed by atoms with Crippen molar-refractivity contribution in [2.45, 2.75) is 18.7 Å². The molecular formula is C23H22N2O2S. The molecule has 0 atom stereocenters. The van der Waals surface area contributed by atoms with E-state index in [0.29, 0.717) is 11.3 Å². The van der Waals surface area contributed by atoms with Crippen LogP contribution in [0, 0.1) is 13.8 Å². The van der Waals surface area contributed by atoms with Crippen LogP contribution in [0.2, 0.25) is 0 Å². The zero-order valence-electron chi connectivity index (χ0n) is 15.9. The standard InChI is InChI=1S/C23H22N2O2S/c1-16-10-12-19(13-11-16)28-15-22(26)25-21-9-4-3-8-20(21)23(27)24-18-7-5-6-17(2)14-18/h3-14H,15H2,1-2H3,(H,24,27)(H,25,26). The summed E-state index contributed by atoms with van der Waals surface area (Å²) in [5.74, 6) is -0.134. The van der Waals surface area contributed by atoms with E-state index < -0.39 is 0 Å². The highest BCUT2D eigenvalue weighted by Gasteiger charge is 2.13. The third-order valence-corrected chi connectivity index (χ3v) is 5.12. The first kappa shape index (κ1) is 19.7. The van der Waals surface area contributed by atoms with E-state index in [1.807, 2.05) is 62.4 Å². The zero-order chi connectivity index (χ0) is 19.9. The minimum Gasteiger partial charge on any atom is -0.325 e. The predicted octanol–water partition coefficient (Wildman–Crippen LogP) is 5.29. The Labute approximate surface area is 169 Å². The van der Waals surface area contributed by atoms with Crippen LogP contribution in [0.15, 0.2) is 77.7 Å². The molecule has 0 saturated heterocycles. The Morgan fingerprint density at radius 2 is 1.57 bits per heavy atom. The predicted molar refractivity (Wildman–Crippen MR) is 116 cm³/mol. The first-order chi connectivity index (χ1) is 13.5. The van der Waals surface area contributed by atoms with Crippen LogP contribution in [0.4, 0.5) is 11.4 Å². The van der Waals surface area contributed by atoms with Crippen molar-refractivity contribution >= 4 is 35.0 Å². The summed E-state index contributed by atoms with van der Waals surface area (Å²) in [5.41, 5.74) is 3.90. The molecule has 2 N–H and O–H groups in total. The summed E-state index contributed by atoms with van der Waals surface area (Å²) in [6, 6.07) is 22.6. The SMILES string of the molecule is Cc1ccc(SCC(=O)Nc2ccccc2C(=O)Nc2cccc(C)c2)cc1. The van der Waals surface area contributed by atoms with Gasteiger partial charge < -0.3 is 10.6 Å². The van der Waals surface area contributed by atoms with E-state index in [1.165, 1.54) is 17.3 Å². The van der Waals surface area contributed by atoms with Gasteiger partial charge in [-0.15, -0.1) is 11.8 Å². The molecule has 0 spiro atoms. The van der Waals surface area contributed by atoms with E-state index in [9.17, 15) is 9.59 Å². The van der Waals surface area contributed by atoms with Gasteiger partial charge in [0.2, 0.25) is 5.91 Å². The lowest BCUT2D eigenvalue weighted by Gasteiger charge is -2.12. The number of carbonyl (C=O) groups is 2. The van der Waals surface area contributed by atoms with E-state index in [2.05, 4.69) is 10.6 Å². The number of thioether (sulfide) groups is 1. The molecule has 0 heterocycles. The molecular weight excluding hydrogens is 368 g/mol. The Morgan fingerprint density at radius 3 is 2.32 bits per heavy atom. The van der Waals surface area contributed by atoms with Crippen molar-refractivity contribution in [3.05, 3.63) is 89.5 Å². The van der Waals surface area contributed by atoms with Crippen molar-refractivity contribution < 1.29 is 9.59 Å².